The van der Waals surface area contributed by atoms with E-state index in [2.05, 4.69) is 4.18 Å². The number of nitro benzene ring substituents is 1. The van der Waals surface area contributed by atoms with Gasteiger partial charge in [-0.3, -0.25) is 14.3 Å². The number of carboxylic acid groups (broad SMARTS) is 1. The Bertz CT molecular complexity index is 589. The van der Waals surface area contributed by atoms with Gasteiger partial charge in [-0.25, -0.2) is 8.98 Å². The van der Waals surface area contributed by atoms with Crippen LogP contribution in [0.2, 0.25) is 0 Å². The number of rotatable bonds is 4. The topological polar surface area (TPSA) is 125 Å². The molecule has 1 aromatic carbocycles. The molecule has 1 fully saturated rings. The zero-order valence-corrected chi connectivity index (χ0v) is 10.9. The van der Waals surface area contributed by atoms with Crippen LogP contribution in [0.1, 0.15) is 11.7 Å². The lowest BCUT2D eigenvalue weighted by Gasteiger charge is -2.12. The molecule has 0 radical (unpaired) electrons. The smallest absolute Gasteiger partial charge is 0.337 e. The number of aliphatic carboxylic acids is 1. The maximum Gasteiger partial charge on any atom is 0.337 e. The maximum absolute atomic E-state index is 11.2. The number of ether oxygens (including phenoxy) is 1. The Labute approximate surface area is 115 Å². The normalized spacial score (nSPS) is 25.4. The van der Waals surface area contributed by atoms with Gasteiger partial charge in [-0.05, 0) is 12.1 Å². The first kappa shape index (κ1) is 14.4. The molecule has 0 spiro atoms. The molecule has 1 aliphatic heterocycles. The van der Waals surface area contributed by atoms with Crippen molar-refractivity contribution in [1.82, 2.24) is 0 Å². The van der Waals surface area contributed by atoms with Crippen LogP contribution in [-0.4, -0.2) is 33.4 Å². The van der Waals surface area contributed by atoms with Crippen molar-refractivity contribution in [3.05, 3.63) is 33.9 Å². The molecular weight excluding hydrogens is 294 g/mol. The fourth-order valence-electron chi connectivity index (χ4n) is 1.73. The van der Waals surface area contributed by atoms with Gasteiger partial charge in [-0.2, -0.15) is 4.21 Å². The molecule has 1 aliphatic rings. The molecule has 1 aromatic rings. The Balaban J connectivity index is 2.48. The Kier molecular flexibility index (Phi) is 3.97. The lowest BCUT2D eigenvalue weighted by atomic mass is 10.0. The summed E-state index contributed by atoms with van der Waals surface area (Å²) < 4.78 is 25.4. The summed E-state index contributed by atoms with van der Waals surface area (Å²) in [5.74, 6) is -1.20. The number of carbonyl (C=O) groups is 1. The van der Waals surface area contributed by atoms with Gasteiger partial charge in [0.15, 0.2) is 0 Å². The summed E-state index contributed by atoms with van der Waals surface area (Å²) in [6.07, 6.45) is -2.91. The monoisotopic (exact) mass is 303 g/mol. The van der Waals surface area contributed by atoms with Crippen LogP contribution in [0, 0.1) is 10.1 Å². The van der Waals surface area contributed by atoms with E-state index >= 15 is 0 Å². The van der Waals surface area contributed by atoms with E-state index in [9.17, 15) is 19.1 Å². The highest BCUT2D eigenvalue weighted by Crippen LogP contribution is 2.38. The molecule has 0 saturated carbocycles. The van der Waals surface area contributed by atoms with E-state index in [4.69, 9.17) is 14.0 Å². The van der Waals surface area contributed by atoms with E-state index in [1.807, 2.05) is 0 Å². The van der Waals surface area contributed by atoms with Crippen molar-refractivity contribution in [3.8, 4) is 5.75 Å². The predicted octanol–water partition coefficient (Wildman–Crippen LogP) is 0.723. The largest absolute Gasteiger partial charge is 0.497 e. The fourth-order valence-corrected chi connectivity index (χ4v) is 2.50. The minimum atomic E-state index is -2.27. The summed E-state index contributed by atoms with van der Waals surface area (Å²) in [4.78, 5) is 21.3. The number of nitrogens with zero attached hydrogens (tertiary/aromatic N) is 1. The van der Waals surface area contributed by atoms with E-state index in [-0.39, 0.29) is 11.3 Å². The molecule has 3 atom stereocenters. The molecule has 10 heteroatoms. The van der Waals surface area contributed by atoms with Gasteiger partial charge in [0, 0.05) is 0 Å². The van der Waals surface area contributed by atoms with Gasteiger partial charge in [-0.1, -0.05) is 0 Å². The number of hydrogen-bond acceptors (Lipinski definition) is 7. The van der Waals surface area contributed by atoms with Gasteiger partial charge in [0.2, 0.25) is 6.10 Å². The second kappa shape index (κ2) is 5.53. The van der Waals surface area contributed by atoms with Gasteiger partial charge in [0.25, 0.3) is 5.69 Å². The molecule has 9 nitrogen and oxygen atoms in total. The van der Waals surface area contributed by atoms with Crippen LogP contribution >= 0.6 is 0 Å². The number of hydrogen-bond donors (Lipinski definition) is 1. The molecule has 3 unspecified atom stereocenters. The minimum Gasteiger partial charge on any atom is -0.497 e. The van der Waals surface area contributed by atoms with Crippen molar-refractivity contribution in [1.29, 1.82) is 0 Å². The molecule has 2 rings (SSSR count). The zero-order valence-electron chi connectivity index (χ0n) is 10.0. The van der Waals surface area contributed by atoms with Crippen molar-refractivity contribution >= 4 is 23.0 Å². The van der Waals surface area contributed by atoms with Crippen molar-refractivity contribution in [2.24, 2.45) is 0 Å². The van der Waals surface area contributed by atoms with Crippen LogP contribution in [0.15, 0.2) is 18.2 Å². The van der Waals surface area contributed by atoms with Gasteiger partial charge in [-0.15, -0.1) is 0 Å². The predicted molar refractivity (Wildman–Crippen MR) is 64.1 cm³/mol. The standard InChI is InChI=1S/C10H9NO8S/c1-17-5-2-3-6(7(4-5)11(14)15)8-9(10(12)13)19-20(16)18-8/h2-4,8-9H,1H3,(H,12,13). The second-order valence-electron chi connectivity index (χ2n) is 3.76. The first-order valence-electron chi connectivity index (χ1n) is 5.25. The molecular formula is C10H9NO8S. The van der Waals surface area contributed by atoms with E-state index < -0.39 is 40.1 Å². The molecule has 1 saturated heterocycles. The highest BCUT2D eigenvalue weighted by Gasteiger charge is 2.44. The fraction of sp³-hybridized carbons (Fsp3) is 0.300. The number of nitro groups is 1. The van der Waals surface area contributed by atoms with Gasteiger partial charge in [0.05, 0.1) is 23.7 Å². The molecule has 108 valence electrons. The first-order valence-corrected chi connectivity index (χ1v) is 6.25. The third kappa shape index (κ3) is 2.61. The average Bonchev–Trinajstić information content (AvgIpc) is 2.80. The highest BCUT2D eigenvalue weighted by atomic mass is 32.2. The Morgan fingerprint density at radius 3 is 2.75 bits per heavy atom. The van der Waals surface area contributed by atoms with Gasteiger partial charge in [0.1, 0.15) is 11.9 Å². The lowest BCUT2D eigenvalue weighted by Crippen LogP contribution is -2.25. The molecule has 1 N–H and O–H groups in total. The average molecular weight is 303 g/mol. The summed E-state index contributed by atoms with van der Waals surface area (Å²) in [6.45, 7) is 0. The third-order valence-electron chi connectivity index (χ3n) is 2.62. The zero-order chi connectivity index (χ0) is 14.9. The van der Waals surface area contributed by atoms with Crippen LogP contribution in [0.3, 0.4) is 0 Å². The summed E-state index contributed by atoms with van der Waals surface area (Å²) in [5.41, 5.74) is -0.447. The third-order valence-corrected chi connectivity index (χ3v) is 3.35. The number of benzene rings is 1. The quantitative estimate of drug-likeness (QED) is 0.637. The van der Waals surface area contributed by atoms with Crippen LogP contribution in [0.5, 0.6) is 5.75 Å². The second-order valence-corrected chi connectivity index (χ2v) is 4.55. The first-order chi connectivity index (χ1) is 9.43. The summed E-state index contributed by atoms with van der Waals surface area (Å²) in [5, 5.41) is 20.0. The van der Waals surface area contributed by atoms with Crippen LogP contribution in [-0.2, 0) is 24.5 Å². The molecule has 1 heterocycles. The number of methoxy groups -OCH3 is 1. The van der Waals surface area contributed by atoms with Crippen LogP contribution < -0.4 is 4.74 Å². The Morgan fingerprint density at radius 1 is 1.50 bits per heavy atom. The minimum absolute atomic E-state index is 0.0472. The van der Waals surface area contributed by atoms with Crippen LogP contribution in [0.25, 0.3) is 0 Å². The summed E-state index contributed by atoms with van der Waals surface area (Å²) >= 11 is -2.27. The van der Waals surface area contributed by atoms with Crippen molar-refractivity contribution in [2.45, 2.75) is 12.2 Å². The van der Waals surface area contributed by atoms with E-state index in [1.165, 1.54) is 19.2 Å². The molecule has 0 aliphatic carbocycles. The molecule has 0 aromatic heterocycles. The van der Waals surface area contributed by atoms with E-state index in [0.717, 1.165) is 6.07 Å². The Morgan fingerprint density at radius 2 is 2.20 bits per heavy atom. The number of carboxylic acids is 1. The molecule has 0 bridgehead atoms. The summed E-state index contributed by atoms with van der Waals surface area (Å²) in [7, 11) is 1.34. The van der Waals surface area contributed by atoms with E-state index in [0.29, 0.717) is 0 Å². The molecule has 20 heavy (non-hydrogen) atoms. The highest BCUT2D eigenvalue weighted by molar-refractivity contribution is 7.75. The van der Waals surface area contributed by atoms with Gasteiger partial charge < -0.3 is 9.84 Å². The van der Waals surface area contributed by atoms with Crippen molar-refractivity contribution < 1.29 is 32.1 Å². The van der Waals surface area contributed by atoms with E-state index in [1.54, 1.807) is 0 Å². The van der Waals surface area contributed by atoms with Crippen molar-refractivity contribution in [3.63, 3.8) is 0 Å². The van der Waals surface area contributed by atoms with Gasteiger partial charge >= 0.3 is 17.3 Å². The van der Waals surface area contributed by atoms with Crippen molar-refractivity contribution in [2.75, 3.05) is 7.11 Å². The maximum atomic E-state index is 11.2. The van der Waals surface area contributed by atoms with Crippen LogP contribution in [0.4, 0.5) is 5.69 Å². The SMILES string of the molecule is COc1ccc(C2OS(=O)OC2C(=O)O)c([N+](=O)[O-])c1. The molecule has 0 amide bonds. The Hall–Kier alpha value is -2.04. The summed E-state index contributed by atoms with van der Waals surface area (Å²) in [6, 6.07) is 3.81. The lowest BCUT2D eigenvalue weighted by molar-refractivity contribution is -0.386.